The largest absolute Gasteiger partial charge is 0.361 e. The smallest absolute Gasteiger partial charge is 0.327 e. The number of hydrogen-bond donors (Lipinski definition) is 3. The predicted molar refractivity (Wildman–Crippen MR) is 51.6 cm³/mol. The number of nitrogens with two attached hydrogens (primary N) is 1. The molecule has 1 rings (SSSR count). The van der Waals surface area contributed by atoms with Gasteiger partial charge in [-0.25, -0.2) is 0 Å². The molecule has 0 aliphatic heterocycles. The fourth-order valence-electron chi connectivity index (χ4n) is 1.42. The Hall–Kier alpha value is -1.52. The molecule has 1 aliphatic rings. The molecule has 14 heavy (non-hydrogen) atoms. The molecular formula is C9H15N3O2. The summed E-state index contributed by atoms with van der Waals surface area (Å²) in [5.41, 5.74) is 10.8. The van der Waals surface area contributed by atoms with Crippen LogP contribution >= 0.6 is 0 Å². The van der Waals surface area contributed by atoms with E-state index in [9.17, 15) is 9.59 Å². The van der Waals surface area contributed by atoms with Crippen molar-refractivity contribution >= 4 is 11.8 Å². The van der Waals surface area contributed by atoms with Crippen molar-refractivity contribution in [2.45, 2.75) is 32.1 Å². The van der Waals surface area contributed by atoms with Crippen molar-refractivity contribution < 1.29 is 9.59 Å². The third kappa shape index (κ3) is 3.47. The number of allylic oxidation sites excluding steroid dienone is 1. The quantitative estimate of drug-likeness (QED) is 0.428. The van der Waals surface area contributed by atoms with Crippen LogP contribution in [0.3, 0.4) is 0 Å². The number of carbonyl (C=O) groups excluding carboxylic acids is 2. The molecule has 5 nitrogen and oxygen atoms in total. The number of carbonyl (C=O) groups is 2. The highest BCUT2D eigenvalue weighted by atomic mass is 16.2. The SMILES string of the molecule is NC(=O)C(=O)NNC=C1CCCCC1. The summed E-state index contributed by atoms with van der Waals surface area (Å²) in [6.45, 7) is 0. The summed E-state index contributed by atoms with van der Waals surface area (Å²) >= 11 is 0. The van der Waals surface area contributed by atoms with Crippen LogP contribution in [0.4, 0.5) is 0 Å². The lowest BCUT2D eigenvalue weighted by molar-refractivity contribution is -0.137. The van der Waals surface area contributed by atoms with Gasteiger partial charge >= 0.3 is 11.8 Å². The molecule has 0 spiro atoms. The van der Waals surface area contributed by atoms with E-state index in [1.54, 1.807) is 6.20 Å². The Morgan fingerprint density at radius 1 is 1.21 bits per heavy atom. The second-order valence-corrected chi connectivity index (χ2v) is 3.33. The van der Waals surface area contributed by atoms with Crippen molar-refractivity contribution in [2.24, 2.45) is 5.73 Å². The Labute approximate surface area is 82.7 Å². The maximum absolute atomic E-state index is 10.7. The first-order valence-electron chi connectivity index (χ1n) is 4.73. The van der Waals surface area contributed by atoms with Crippen molar-refractivity contribution in [2.75, 3.05) is 0 Å². The van der Waals surface area contributed by atoms with Crippen molar-refractivity contribution in [3.8, 4) is 0 Å². The zero-order valence-electron chi connectivity index (χ0n) is 8.01. The molecule has 0 radical (unpaired) electrons. The molecule has 1 aliphatic carbocycles. The number of primary amides is 1. The molecule has 0 bridgehead atoms. The summed E-state index contributed by atoms with van der Waals surface area (Å²) in [5.74, 6) is -1.81. The fraction of sp³-hybridized carbons (Fsp3) is 0.556. The fourth-order valence-corrected chi connectivity index (χ4v) is 1.42. The van der Waals surface area contributed by atoms with Crippen LogP contribution in [0.5, 0.6) is 0 Å². The summed E-state index contributed by atoms with van der Waals surface area (Å²) in [6.07, 6.45) is 7.50. The molecule has 78 valence electrons. The summed E-state index contributed by atoms with van der Waals surface area (Å²) in [6, 6.07) is 0. The van der Waals surface area contributed by atoms with Gasteiger partial charge in [-0.15, -0.1) is 0 Å². The molecule has 1 fully saturated rings. The Kier molecular flexibility index (Phi) is 3.97. The van der Waals surface area contributed by atoms with Crippen molar-refractivity contribution in [3.05, 3.63) is 11.8 Å². The van der Waals surface area contributed by atoms with Crippen LogP contribution in [0.25, 0.3) is 0 Å². The average Bonchev–Trinajstić information content (AvgIpc) is 2.19. The highest BCUT2D eigenvalue weighted by Gasteiger charge is 2.07. The normalized spacial score (nSPS) is 15.9. The summed E-state index contributed by atoms with van der Waals surface area (Å²) in [7, 11) is 0. The third-order valence-corrected chi connectivity index (χ3v) is 2.18. The van der Waals surface area contributed by atoms with Gasteiger partial charge < -0.3 is 11.2 Å². The standard InChI is InChI=1S/C9H15N3O2/c10-8(13)9(14)12-11-6-7-4-2-1-3-5-7/h6,11H,1-5H2,(H2,10,13)(H,12,14). The van der Waals surface area contributed by atoms with E-state index in [1.165, 1.54) is 24.8 Å². The summed E-state index contributed by atoms with van der Waals surface area (Å²) < 4.78 is 0. The van der Waals surface area contributed by atoms with Crippen molar-refractivity contribution in [1.29, 1.82) is 0 Å². The van der Waals surface area contributed by atoms with Crippen LogP contribution in [0.15, 0.2) is 11.8 Å². The Bertz CT molecular complexity index is 253. The number of hydrogen-bond acceptors (Lipinski definition) is 3. The first-order valence-corrected chi connectivity index (χ1v) is 4.73. The van der Waals surface area contributed by atoms with E-state index in [1.807, 2.05) is 0 Å². The van der Waals surface area contributed by atoms with Gasteiger partial charge in [-0.05, 0) is 25.7 Å². The van der Waals surface area contributed by atoms with E-state index >= 15 is 0 Å². The van der Waals surface area contributed by atoms with Crippen LogP contribution in [-0.2, 0) is 9.59 Å². The van der Waals surface area contributed by atoms with Crippen molar-refractivity contribution in [3.63, 3.8) is 0 Å². The van der Waals surface area contributed by atoms with Crippen LogP contribution < -0.4 is 16.6 Å². The zero-order valence-corrected chi connectivity index (χ0v) is 8.01. The first kappa shape index (κ1) is 10.6. The minimum atomic E-state index is -0.987. The van der Waals surface area contributed by atoms with Gasteiger partial charge in [0.05, 0.1) is 0 Å². The maximum Gasteiger partial charge on any atom is 0.327 e. The molecule has 0 heterocycles. The second kappa shape index (κ2) is 5.26. The monoisotopic (exact) mass is 197 g/mol. The molecule has 4 N–H and O–H groups in total. The van der Waals surface area contributed by atoms with Gasteiger partial charge in [0.1, 0.15) is 0 Å². The molecule has 0 unspecified atom stereocenters. The second-order valence-electron chi connectivity index (χ2n) is 3.33. The summed E-state index contributed by atoms with van der Waals surface area (Å²) in [4.78, 5) is 21.0. The molecule has 0 aromatic carbocycles. The number of amides is 2. The van der Waals surface area contributed by atoms with E-state index < -0.39 is 11.8 Å². The van der Waals surface area contributed by atoms with Crippen LogP contribution in [0.2, 0.25) is 0 Å². The van der Waals surface area contributed by atoms with Gasteiger partial charge in [0.2, 0.25) is 0 Å². The lowest BCUT2D eigenvalue weighted by Crippen LogP contribution is -2.42. The molecule has 0 aromatic rings. The van der Waals surface area contributed by atoms with Gasteiger partial charge in [-0.2, -0.15) is 0 Å². The van der Waals surface area contributed by atoms with Gasteiger partial charge in [0, 0.05) is 6.20 Å². The minimum Gasteiger partial charge on any atom is -0.361 e. The first-order chi connectivity index (χ1) is 6.70. The molecule has 0 atom stereocenters. The minimum absolute atomic E-state index is 0.822. The maximum atomic E-state index is 10.7. The van der Waals surface area contributed by atoms with Crippen LogP contribution in [-0.4, -0.2) is 11.8 Å². The van der Waals surface area contributed by atoms with E-state index in [4.69, 9.17) is 5.73 Å². The molecule has 0 saturated heterocycles. The molecule has 0 aromatic heterocycles. The molecule has 2 amide bonds. The zero-order chi connectivity index (χ0) is 10.4. The molecule has 1 saturated carbocycles. The highest BCUT2D eigenvalue weighted by Crippen LogP contribution is 2.21. The number of hydrazine groups is 1. The van der Waals surface area contributed by atoms with Crippen LogP contribution in [0, 0.1) is 0 Å². The van der Waals surface area contributed by atoms with Gasteiger partial charge in [0.25, 0.3) is 0 Å². The lowest BCUT2D eigenvalue weighted by Gasteiger charge is -2.13. The van der Waals surface area contributed by atoms with E-state index in [2.05, 4.69) is 10.9 Å². The van der Waals surface area contributed by atoms with E-state index in [0.717, 1.165) is 12.8 Å². The number of nitrogens with one attached hydrogen (secondary N) is 2. The van der Waals surface area contributed by atoms with E-state index in [0.29, 0.717) is 0 Å². The van der Waals surface area contributed by atoms with Gasteiger partial charge in [0.15, 0.2) is 0 Å². The number of rotatable bonds is 2. The lowest BCUT2D eigenvalue weighted by atomic mass is 9.96. The Balaban J connectivity index is 2.25. The van der Waals surface area contributed by atoms with E-state index in [-0.39, 0.29) is 0 Å². The summed E-state index contributed by atoms with van der Waals surface area (Å²) in [5, 5.41) is 0. The topological polar surface area (TPSA) is 84.2 Å². The molecule has 5 heteroatoms. The van der Waals surface area contributed by atoms with Gasteiger partial charge in [-0.1, -0.05) is 12.0 Å². The Morgan fingerprint density at radius 3 is 2.43 bits per heavy atom. The average molecular weight is 197 g/mol. The third-order valence-electron chi connectivity index (χ3n) is 2.18. The predicted octanol–water partition coefficient (Wildman–Crippen LogP) is -0.0595. The van der Waals surface area contributed by atoms with Gasteiger partial charge in [-0.3, -0.25) is 15.0 Å². The highest BCUT2D eigenvalue weighted by molar-refractivity contribution is 6.34. The van der Waals surface area contributed by atoms with Crippen LogP contribution in [0.1, 0.15) is 32.1 Å². The molecular weight excluding hydrogens is 182 g/mol. The Morgan fingerprint density at radius 2 is 1.86 bits per heavy atom. The van der Waals surface area contributed by atoms with Crippen molar-refractivity contribution in [1.82, 2.24) is 10.9 Å².